The number of carbonyl (C=O) groups excluding carboxylic acids is 2. The number of aromatic nitrogens is 3. The van der Waals surface area contributed by atoms with E-state index in [4.69, 9.17) is 4.74 Å². The molecule has 0 spiro atoms. The van der Waals surface area contributed by atoms with Gasteiger partial charge in [-0.3, -0.25) is 14.5 Å². The van der Waals surface area contributed by atoms with Crippen LogP contribution in [0, 0.1) is 5.21 Å². The molecule has 2 amide bonds. The summed E-state index contributed by atoms with van der Waals surface area (Å²) in [5, 5.41) is 11.9. The zero-order valence-corrected chi connectivity index (χ0v) is 20.9. The van der Waals surface area contributed by atoms with E-state index >= 15 is 0 Å². The SMILES string of the molecule is CCn1c(CN2C(=O)c3ccccc3C2=O)[n+](Cc2ccc[n+]([O-])c2)c2ccc(OC)cc21.[I-]. The van der Waals surface area contributed by atoms with Crippen molar-refractivity contribution >= 4 is 22.8 Å². The van der Waals surface area contributed by atoms with Crippen molar-refractivity contribution in [1.82, 2.24) is 9.47 Å². The molecule has 0 unspecified atom stereocenters. The van der Waals surface area contributed by atoms with Crippen LogP contribution in [0.25, 0.3) is 11.0 Å². The number of hydrogen-bond acceptors (Lipinski definition) is 4. The number of halogens is 1. The Balaban J connectivity index is 0.00000274. The Kier molecular flexibility index (Phi) is 6.56. The number of imidazole rings is 1. The van der Waals surface area contributed by atoms with Gasteiger partial charge < -0.3 is 33.9 Å². The Morgan fingerprint density at radius 1 is 1.00 bits per heavy atom. The topological polar surface area (TPSA) is 82.4 Å². The molecule has 0 radical (unpaired) electrons. The number of hydrogen-bond donors (Lipinski definition) is 0. The number of methoxy groups -OCH3 is 1. The average molecular weight is 570 g/mol. The Hall–Kier alpha value is -3.47. The average Bonchev–Trinajstić information content (AvgIpc) is 3.25. The van der Waals surface area contributed by atoms with Gasteiger partial charge >= 0.3 is 0 Å². The molecule has 5 rings (SSSR count). The summed E-state index contributed by atoms with van der Waals surface area (Å²) in [6.45, 7) is 3.17. The first-order valence-corrected chi connectivity index (χ1v) is 10.7. The normalized spacial score (nSPS) is 12.7. The van der Waals surface area contributed by atoms with Gasteiger partial charge in [-0.1, -0.05) is 12.1 Å². The van der Waals surface area contributed by atoms with Crippen molar-refractivity contribution in [3.05, 3.63) is 94.7 Å². The fraction of sp³-hybridized carbons (Fsp3) is 0.200. The highest BCUT2D eigenvalue weighted by atomic mass is 127. The molecule has 0 saturated heterocycles. The third-order valence-corrected chi connectivity index (χ3v) is 6.06. The third kappa shape index (κ3) is 3.89. The quantitative estimate of drug-likeness (QED) is 0.135. The van der Waals surface area contributed by atoms with Crippen molar-refractivity contribution in [1.29, 1.82) is 0 Å². The van der Waals surface area contributed by atoms with Gasteiger partial charge in [0, 0.05) is 12.1 Å². The van der Waals surface area contributed by atoms with E-state index in [-0.39, 0.29) is 42.3 Å². The van der Waals surface area contributed by atoms with Crippen LogP contribution in [0.4, 0.5) is 0 Å². The van der Waals surface area contributed by atoms with Crippen molar-refractivity contribution in [3.8, 4) is 5.75 Å². The molecule has 34 heavy (non-hydrogen) atoms. The molecule has 0 N–H and O–H groups in total. The van der Waals surface area contributed by atoms with E-state index in [9.17, 15) is 14.8 Å². The minimum absolute atomic E-state index is 0. The van der Waals surface area contributed by atoms with Gasteiger partial charge in [-0.25, -0.2) is 9.13 Å². The predicted octanol–water partition coefficient (Wildman–Crippen LogP) is -0.561. The van der Waals surface area contributed by atoms with E-state index in [0.29, 0.717) is 30.0 Å². The van der Waals surface area contributed by atoms with Crippen LogP contribution in [0.15, 0.2) is 67.0 Å². The molecule has 1 aliphatic rings. The monoisotopic (exact) mass is 570 g/mol. The van der Waals surface area contributed by atoms with Crippen molar-refractivity contribution in [2.45, 2.75) is 26.6 Å². The fourth-order valence-corrected chi connectivity index (χ4v) is 4.50. The minimum Gasteiger partial charge on any atom is -1.00 e. The van der Waals surface area contributed by atoms with Crippen molar-refractivity contribution in [3.63, 3.8) is 0 Å². The highest BCUT2D eigenvalue weighted by molar-refractivity contribution is 6.21. The van der Waals surface area contributed by atoms with Gasteiger partial charge in [-0.2, -0.15) is 4.73 Å². The third-order valence-electron chi connectivity index (χ3n) is 6.06. The van der Waals surface area contributed by atoms with Gasteiger partial charge in [0.2, 0.25) is 0 Å². The van der Waals surface area contributed by atoms with E-state index in [0.717, 1.165) is 27.2 Å². The highest BCUT2D eigenvalue weighted by Crippen LogP contribution is 2.26. The number of amides is 2. The van der Waals surface area contributed by atoms with Gasteiger partial charge in [0.25, 0.3) is 17.6 Å². The number of aryl methyl sites for hydroxylation is 1. The van der Waals surface area contributed by atoms with Gasteiger partial charge in [0.15, 0.2) is 23.4 Å². The van der Waals surface area contributed by atoms with Crippen molar-refractivity contribution in [2.24, 2.45) is 0 Å². The van der Waals surface area contributed by atoms with Crippen LogP contribution in [-0.4, -0.2) is 28.4 Å². The second-order valence-electron chi connectivity index (χ2n) is 7.92. The molecular formula is C25H23IN4O4. The molecule has 2 aromatic heterocycles. The fourth-order valence-electron chi connectivity index (χ4n) is 4.50. The molecule has 4 aromatic rings. The number of pyridine rings is 1. The van der Waals surface area contributed by atoms with Gasteiger partial charge in [-0.05, 0) is 37.3 Å². The number of carbonyl (C=O) groups is 2. The first-order chi connectivity index (χ1) is 16.0. The smallest absolute Gasteiger partial charge is 0.278 e. The van der Waals surface area contributed by atoms with Gasteiger partial charge in [-0.15, -0.1) is 0 Å². The zero-order valence-electron chi connectivity index (χ0n) is 18.8. The molecule has 2 aromatic carbocycles. The van der Waals surface area contributed by atoms with E-state index in [2.05, 4.69) is 9.13 Å². The summed E-state index contributed by atoms with van der Waals surface area (Å²) in [7, 11) is 1.62. The lowest BCUT2D eigenvalue weighted by Crippen LogP contribution is -3.00. The van der Waals surface area contributed by atoms with Gasteiger partial charge in [0.1, 0.15) is 18.8 Å². The Labute approximate surface area is 213 Å². The molecule has 0 saturated carbocycles. The summed E-state index contributed by atoms with van der Waals surface area (Å²) in [5.74, 6) is 0.900. The van der Waals surface area contributed by atoms with Crippen LogP contribution in [-0.2, 0) is 19.6 Å². The summed E-state index contributed by atoms with van der Waals surface area (Å²) in [6.07, 6.45) is 2.96. The lowest BCUT2D eigenvalue weighted by atomic mass is 10.1. The van der Waals surface area contributed by atoms with Crippen LogP contribution < -0.4 is 38.0 Å². The maximum Gasteiger partial charge on any atom is 0.278 e. The van der Waals surface area contributed by atoms with Crippen LogP contribution in [0.2, 0.25) is 0 Å². The van der Waals surface area contributed by atoms with E-state index in [1.165, 1.54) is 17.3 Å². The standard InChI is InChI=1S/C25H23N4O4.HI/c1-3-27-22-13-18(33-2)10-11-21(22)28(15-17-7-6-12-26(32)14-17)23(27)16-29-24(30)19-8-4-5-9-20(19)25(29)31;/h4-14H,3,15-16H2,1-2H3;1H/q+1;/p-1. The first-order valence-electron chi connectivity index (χ1n) is 10.7. The maximum absolute atomic E-state index is 13.1. The second-order valence-corrected chi connectivity index (χ2v) is 7.92. The lowest BCUT2D eigenvalue weighted by Gasteiger charge is -2.13. The molecule has 9 heteroatoms. The molecule has 0 atom stereocenters. The van der Waals surface area contributed by atoms with E-state index in [1.54, 1.807) is 37.4 Å². The molecule has 0 fully saturated rings. The van der Waals surface area contributed by atoms with Crippen LogP contribution in [0.3, 0.4) is 0 Å². The largest absolute Gasteiger partial charge is 1.00 e. The van der Waals surface area contributed by atoms with E-state index in [1.807, 2.05) is 31.2 Å². The summed E-state index contributed by atoms with van der Waals surface area (Å²) >= 11 is 0. The molecule has 8 nitrogen and oxygen atoms in total. The number of fused-ring (bicyclic) bond motifs is 2. The summed E-state index contributed by atoms with van der Waals surface area (Å²) in [5.41, 5.74) is 3.50. The van der Waals surface area contributed by atoms with Crippen LogP contribution in [0.5, 0.6) is 5.75 Å². The van der Waals surface area contributed by atoms with Crippen LogP contribution >= 0.6 is 0 Å². The lowest BCUT2D eigenvalue weighted by molar-refractivity contribution is -0.674. The molecule has 1 aliphatic heterocycles. The molecule has 0 bridgehead atoms. The summed E-state index contributed by atoms with van der Waals surface area (Å²) in [6, 6.07) is 16.2. The first kappa shape index (κ1) is 23.7. The minimum atomic E-state index is -0.301. The number of benzene rings is 2. The van der Waals surface area contributed by atoms with E-state index < -0.39 is 0 Å². The molecule has 174 valence electrons. The van der Waals surface area contributed by atoms with Gasteiger partial charge in [0.05, 0.1) is 30.3 Å². The molecule has 3 heterocycles. The number of ether oxygens (including phenoxy) is 1. The second kappa shape index (κ2) is 9.41. The number of nitrogens with zero attached hydrogens (tertiary/aromatic N) is 4. The summed E-state index contributed by atoms with van der Waals surface area (Å²) in [4.78, 5) is 27.4. The molecule has 0 aliphatic carbocycles. The zero-order chi connectivity index (χ0) is 23.1. The van der Waals surface area contributed by atoms with Crippen molar-refractivity contribution < 1.29 is 47.6 Å². The molecular weight excluding hydrogens is 547 g/mol. The van der Waals surface area contributed by atoms with Crippen LogP contribution in [0.1, 0.15) is 39.0 Å². The van der Waals surface area contributed by atoms with Crippen molar-refractivity contribution in [2.75, 3.05) is 7.11 Å². The number of rotatable bonds is 6. The maximum atomic E-state index is 13.1. The Bertz CT molecular complexity index is 1380. The number of imide groups is 1. The Morgan fingerprint density at radius 3 is 2.32 bits per heavy atom. The predicted molar refractivity (Wildman–Crippen MR) is 120 cm³/mol. The summed E-state index contributed by atoms with van der Waals surface area (Å²) < 4.78 is 10.3. The Morgan fingerprint density at radius 2 is 1.71 bits per heavy atom. The highest BCUT2D eigenvalue weighted by Gasteiger charge is 2.38.